The van der Waals surface area contributed by atoms with E-state index in [1.807, 2.05) is 4.98 Å². The van der Waals surface area contributed by atoms with E-state index >= 15 is 0 Å². The number of aromatic nitrogens is 2. The van der Waals surface area contributed by atoms with E-state index in [4.69, 9.17) is 11.3 Å². The lowest BCUT2D eigenvalue weighted by Gasteiger charge is -2.12. The second-order valence-corrected chi connectivity index (χ2v) is 3.71. The van der Waals surface area contributed by atoms with Crippen LogP contribution < -0.4 is 10.3 Å². The zero-order chi connectivity index (χ0) is 15.6. The van der Waals surface area contributed by atoms with Crippen molar-refractivity contribution < 1.29 is 22.3 Å². The first-order valence-corrected chi connectivity index (χ1v) is 5.33. The summed E-state index contributed by atoms with van der Waals surface area (Å²) in [6, 6.07) is 3.33. The van der Waals surface area contributed by atoms with Crippen LogP contribution in [0, 0.1) is 12.4 Å². The fourth-order valence-electron chi connectivity index (χ4n) is 1.46. The first-order chi connectivity index (χ1) is 9.84. The number of hydrogen-bond acceptors (Lipinski definition) is 3. The van der Waals surface area contributed by atoms with Gasteiger partial charge in [-0.05, 0) is 6.07 Å². The average Bonchev–Trinajstić information content (AvgIpc) is 2.42. The Hall–Kier alpha value is -2.89. The van der Waals surface area contributed by atoms with E-state index in [0.717, 1.165) is 12.1 Å². The van der Waals surface area contributed by atoms with Gasteiger partial charge >= 0.3 is 6.18 Å². The number of alkyl halides is 3. The highest BCUT2D eigenvalue weighted by molar-refractivity contribution is 5.52. The number of hydrogen-bond donors (Lipinski definition) is 1. The van der Waals surface area contributed by atoms with Crippen LogP contribution in [0.25, 0.3) is 4.85 Å². The maximum absolute atomic E-state index is 13.8. The van der Waals surface area contributed by atoms with Gasteiger partial charge < -0.3 is 9.72 Å². The molecule has 108 valence electrons. The zero-order valence-corrected chi connectivity index (χ0v) is 10.0. The van der Waals surface area contributed by atoms with E-state index < -0.39 is 40.4 Å². The Balaban J connectivity index is 2.56. The highest BCUT2D eigenvalue weighted by atomic mass is 19.4. The molecule has 0 aliphatic carbocycles. The first kappa shape index (κ1) is 14.5. The lowest BCUT2D eigenvalue weighted by Crippen LogP contribution is -2.19. The molecule has 2 aromatic rings. The summed E-state index contributed by atoms with van der Waals surface area (Å²) in [4.78, 5) is 19.2. The van der Waals surface area contributed by atoms with Gasteiger partial charge in [0.15, 0.2) is 17.3 Å². The predicted octanol–water partition coefficient (Wildman–Crippen LogP) is 3.27. The molecule has 21 heavy (non-hydrogen) atoms. The van der Waals surface area contributed by atoms with Crippen molar-refractivity contribution in [1.29, 1.82) is 0 Å². The molecule has 0 bridgehead atoms. The fourth-order valence-corrected chi connectivity index (χ4v) is 1.46. The van der Waals surface area contributed by atoms with Crippen LogP contribution in [-0.2, 0) is 6.18 Å². The third-order valence-corrected chi connectivity index (χ3v) is 2.35. The van der Waals surface area contributed by atoms with Crippen molar-refractivity contribution in [2.75, 3.05) is 0 Å². The third-order valence-electron chi connectivity index (χ3n) is 2.35. The molecule has 9 heteroatoms. The summed E-state index contributed by atoms with van der Waals surface area (Å²) in [7, 11) is 0. The monoisotopic (exact) mass is 299 g/mol. The highest BCUT2D eigenvalue weighted by Crippen LogP contribution is 2.36. The second-order valence-electron chi connectivity index (χ2n) is 3.71. The first-order valence-electron chi connectivity index (χ1n) is 5.33. The van der Waals surface area contributed by atoms with Crippen LogP contribution >= 0.6 is 0 Å². The minimum absolute atomic E-state index is 0.443. The Kier molecular flexibility index (Phi) is 3.62. The van der Waals surface area contributed by atoms with E-state index in [1.54, 1.807) is 0 Å². The van der Waals surface area contributed by atoms with Crippen LogP contribution in [0.2, 0.25) is 0 Å². The summed E-state index contributed by atoms with van der Waals surface area (Å²) >= 11 is 0. The Labute approximate surface area is 114 Å². The molecule has 5 nitrogen and oxygen atoms in total. The van der Waals surface area contributed by atoms with E-state index in [0.29, 0.717) is 6.33 Å². The zero-order valence-electron chi connectivity index (χ0n) is 10.0. The Bertz CT molecular complexity index is 777. The number of halogens is 4. The maximum Gasteiger partial charge on any atom is 0.437 e. The molecule has 2 rings (SSSR count). The summed E-state index contributed by atoms with van der Waals surface area (Å²) in [5.41, 5.74) is -3.25. The SMILES string of the molecule is [C-]#[N+]c1cccc(Oc2c(C(F)(F)F)nc[nH]c2=O)c1F. The number of ether oxygens (including phenoxy) is 1. The topological polar surface area (TPSA) is 59.3 Å². The van der Waals surface area contributed by atoms with Gasteiger partial charge in [0.05, 0.1) is 12.9 Å². The standard InChI is InChI=1S/C12H5F4N3O2/c1-17-6-3-2-4-7(8(6)13)21-9-10(12(14,15)16)18-5-19-11(9)20/h2-5H,(H,18,19,20). The number of nitrogens with one attached hydrogen (secondary N) is 1. The number of benzene rings is 1. The van der Waals surface area contributed by atoms with Crippen LogP contribution in [0.5, 0.6) is 11.5 Å². The molecule has 0 unspecified atom stereocenters. The lowest BCUT2D eigenvalue weighted by molar-refractivity contribution is -0.142. The molecule has 0 fully saturated rings. The van der Waals surface area contributed by atoms with Crippen LogP contribution in [-0.4, -0.2) is 9.97 Å². The van der Waals surface area contributed by atoms with Crippen molar-refractivity contribution in [2.45, 2.75) is 6.18 Å². The second kappa shape index (κ2) is 5.24. The number of aromatic amines is 1. The van der Waals surface area contributed by atoms with Crippen molar-refractivity contribution in [3.05, 3.63) is 57.8 Å². The Morgan fingerprint density at radius 1 is 1.33 bits per heavy atom. The number of rotatable bonds is 2. The largest absolute Gasteiger partial charge is 0.448 e. The van der Waals surface area contributed by atoms with Crippen molar-refractivity contribution in [3.63, 3.8) is 0 Å². The van der Waals surface area contributed by atoms with Gasteiger partial charge in [-0.2, -0.15) is 13.2 Å². The summed E-state index contributed by atoms with van der Waals surface area (Å²) in [5.74, 6) is -3.03. The van der Waals surface area contributed by atoms with E-state index in [1.165, 1.54) is 6.07 Å². The van der Waals surface area contributed by atoms with E-state index in [2.05, 4.69) is 9.83 Å². The van der Waals surface area contributed by atoms with Crippen LogP contribution in [0.4, 0.5) is 23.2 Å². The van der Waals surface area contributed by atoms with Gasteiger partial charge in [0.2, 0.25) is 11.4 Å². The molecule has 1 aromatic carbocycles. The molecule has 1 N–H and O–H groups in total. The molecular formula is C12H5F4N3O2. The van der Waals surface area contributed by atoms with Gasteiger partial charge in [-0.15, -0.1) is 0 Å². The van der Waals surface area contributed by atoms with Crippen LogP contribution in [0.1, 0.15) is 5.69 Å². The molecule has 0 saturated heterocycles. The van der Waals surface area contributed by atoms with Crippen LogP contribution in [0.3, 0.4) is 0 Å². The van der Waals surface area contributed by atoms with Gasteiger partial charge in [0.1, 0.15) is 0 Å². The van der Waals surface area contributed by atoms with Gasteiger partial charge in [0, 0.05) is 0 Å². The minimum atomic E-state index is -4.95. The summed E-state index contributed by atoms with van der Waals surface area (Å²) in [6.07, 6.45) is -4.39. The summed E-state index contributed by atoms with van der Waals surface area (Å²) < 4.78 is 56.7. The average molecular weight is 299 g/mol. The van der Waals surface area contributed by atoms with Gasteiger partial charge in [0.25, 0.3) is 5.56 Å². The fraction of sp³-hybridized carbons (Fsp3) is 0.0833. The quantitative estimate of drug-likeness (QED) is 0.684. The third kappa shape index (κ3) is 2.84. The summed E-state index contributed by atoms with van der Waals surface area (Å²) in [6.45, 7) is 6.71. The number of H-pyrrole nitrogens is 1. The molecule has 0 saturated carbocycles. The van der Waals surface area contributed by atoms with Crippen molar-refractivity contribution in [2.24, 2.45) is 0 Å². The Morgan fingerprint density at radius 3 is 2.67 bits per heavy atom. The predicted molar refractivity (Wildman–Crippen MR) is 62.6 cm³/mol. The van der Waals surface area contributed by atoms with Crippen molar-refractivity contribution in [3.8, 4) is 11.5 Å². The van der Waals surface area contributed by atoms with Gasteiger partial charge in [-0.3, -0.25) is 4.79 Å². The normalized spacial score (nSPS) is 11.0. The molecule has 0 aliphatic rings. The smallest absolute Gasteiger partial charge is 0.437 e. The molecule has 0 amide bonds. The summed E-state index contributed by atoms with van der Waals surface area (Å²) in [5, 5.41) is 0. The van der Waals surface area contributed by atoms with E-state index in [-0.39, 0.29) is 0 Å². The van der Waals surface area contributed by atoms with Crippen LogP contribution in [0.15, 0.2) is 29.3 Å². The van der Waals surface area contributed by atoms with E-state index in [9.17, 15) is 22.4 Å². The molecule has 0 aliphatic heterocycles. The minimum Gasteiger partial charge on any atom is -0.448 e. The highest BCUT2D eigenvalue weighted by Gasteiger charge is 2.38. The van der Waals surface area contributed by atoms with Gasteiger partial charge in [-0.25, -0.2) is 14.2 Å². The van der Waals surface area contributed by atoms with Gasteiger partial charge in [-0.1, -0.05) is 12.1 Å². The molecule has 1 heterocycles. The molecule has 0 atom stereocenters. The molecular weight excluding hydrogens is 294 g/mol. The lowest BCUT2D eigenvalue weighted by atomic mass is 10.3. The maximum atomic E-state index is 13.8. The van der Waals surface area contributed by atoms with Crippen molar-refractivity contribution in [1.82, 2.24) is 9.97 Å². The Morgan fingerprint density at radius 2 is 2.05 bits per heavy atom. The molecule has 0 spiro atoms. The molecule has 1 aromatic heterocycles. The molecule has 0 radical (unpaired) electrons. The van der Waals surface area contributed by atoms with Crippen molar-refractivity contribution >= 4 is 5.69 Å². The number of nitrogens with zero attached hydrogens (tertiary/aromatic N) is 2.